The molecule has 0 bridgehead atoms. The Morgan fingerprint density at radius 2 is 1.71 bits per heavy atom. The van der Waals surface area contributed by atoms with E-state index in [0.29, 0.717) is 19.8 Å². The summed E-state index contributed by atoms with van der Waals surface area (Å²) in [6.45, 7) is 2.58. The van der Waals surface area contributed by atoms with E-state index in [1.54, 1.807) is 0 Å². The number of anilines is 1. The highest BCUT2D eigenvalue weighted by Gasteiger charge is 2.21. The van der Waals surface area contributed by atoms with E-state index in [-0.39, 0.29) is 0 Å². The smallest absolute Gasteiger partial charge is 0.162 e. The largest absolute Gasteiger partial charge is 0.491 e. The summed E-state index contributed by atoms with van der Waals surface area (Å²) < 4.78 is 18.2. The number of fused-ring (bicyclic) bond motifs is 1. The minimum atomic E-state index is 0.583. The average molecular weight is 387 g/mol. The molecule has 24 heavy (non-hydrogen) atoms. The molecule has 0 saturated carbocycles. The molecule has 0 spiro atoms. The summed E-state index contributed by atoms with van der Waals surface area (Å²) in [5, 5.41) is 4.58. The predicted molar refractivity (Wildman–Crippen MR) is 96.4 cm³/mol. The minimum absolute atomic E-state index is 0.583. The first-order chi connectivity index (χ1) is 11.8. The highest BCUT2D eigenvalue weighted by atomic mass is 79.9. The number of halogens is 1. The van der Waals surface area contributed by atoms with Crippen molar-refractivity contribution in [2.75, 3.05) is 31.7 Å². The Labute approximate surface area is 147 Å². The molecule has 2 aliphatic rings. The van der Waals surface area contributed by atoms with E-state index in [0.717, 1.165) is 56.1 Å². The highest BCUT2D eigenvalue weighted by molar-refractivity contribution is 9.10. The van der Waals surface area contributed by atoms with Crippen LogP contribution in [0.25, 0.3) is 22.2 Å². The van der Waals surface area contributed by atoms with E-state index < -0.39 is 0 Å². The molecular weight excluding hydrogens is 372 g/mol. The van der Waals surface area contributed by atoms with Gasteiger partial charge in [0.15, 0.2) is 11.5 Å². The molecule has 122 valence electrons. The molecule has 3 heterocycles. The molecule has 6 heteroatoms. The second kappa shape index (κ2) is 5.34. The van der Waals surface area contributed by atoms with Crippen molar-refractivity contribution in [1.29, 1.82) is 0 Å². The lowest BCUT2D eigenvalue weighted by Crippen LogP contribution is -2.15. The maximum absolute atomic E-state index is 5.88. The van der Waals surface area contributed by atoms with E-state index in [9.17, 15) is 0 Å². The van der Waals surface area contributed by atoms with Crippen LogP contribution in [0.1, 0.15) is 0 Å². The van der Waals surface area contributed by atoms with Gasteiger partial charge in [-0.1, -0.05) is 15.9 Å². The molecule has 2 N–H and O–H groups in total. The number of hydrogen-bond acceptors (Lipinski definition) is 4. The van der Waals surface area contributed by atoms with Crippen LogP contribution in [0.5, 0.6) is 17.2 Å². The summed E-state index contributed by atoms with van der Waals surface area (Å²) in [4.78, 5) is 3.52. The van der Waals surface area contributed by atoms with Gasteiger partial charge < -0.3 is 24.5 Å². The number of H-pyrrole nitrogens is 1. The van der Waals surface area contributed by atoms with Crippen molar-refractivity contribution >= 4 is 32.5 Å². The summed E-state index contributed by atoms with van der Waals surface area (Å²) >= 11 is 3.56. The number of aromatic nitrogens is 1. The van der Waals surface area contributed by atoms with Gasteiger partial charge in [0.25, 0.3) is 0 Å². The summed E-state index contributed by atoms with van der Waals surface area (Å²) in [7, 11) is 0. The van der Waals surface area contributed by atoms with Gasteiger partial charge in [-0.3, -0.25) is 0 Å². The van der Waals surface area contributed by atoms with Crippen molar-refractivity contribution < 1.29 is 14.2 Å². The molecule has 0 saturated heterocycles. The summed E-state index contributed by atoms with van der Waals surface area (Å²) in [5.74, 6) is 2.47. The van der Waals surface area contributed by atoms with Gasteiger partial charge in [0.05, 0.1) is 22.3 Å². The van der Waals surface area contributed by atoms with Gasteiger partial charge in [-0.05, 0) is 30.3 Å². The van der Waals surface area contributed by atoms with Gasteiger partial charge in [0, 0.05) is 16.6 Å². The zero-order valence-electron chi connectivity index (χ0n) is 12.8. The van der Waals surface area contributed by atoms with Crippen molar-refractivity contribution in [2.45, 2.75) is 0 Å². The van der Waals surface area contributed by atoms with Crippen LogP contribution in [0.15, 0.2) is 34.8 Å². The van der Waals surface area contributed by atoms with Crippen LogP contribution in [-0.2, 0) is 0 Å². The van der Waals surface area contributed by atoms with Crippen molar-refractivity contribution in [3.63, 3.8) is 0 Å². The number of hydrogen-bond donors (Lipinski definition) is 2. The first-order valence-electron chi connectivity index (χ1n) is 7.91. The lowest BCUT2D eigenvalue weighted by Gasteiger charge is -2.19. The first-order valence-corrected chi connectivity index (χ1v) is 8.71. The molecule has 5 nitrogen and oxygen atoms in total. The molecule has 1 aromatic heterocycles. The van der Waals surface area contributed by atoms with Gasteiger partial charge in [-0.15, -0.1) is 0 Å². The van der Waals surface area contributed by atoms with Gasteiger partial charge in [0.1, 0.15) is 25.6 Å². The molecule has 2 aromatic carbocycles. The lowest BCUT2D eigenvalue weighted by atomic mass is 10.1. The monoisotopic (exact) mass is 386 g/mol. The topological polar surface area (TPSA) is 55.5 Å². The van der Waals surface area contributed by atoms with Gasteiger partial charge in [-0.25, -0.2) is 0 Å². The van der Waals surface area contributed by atoms with E-state index in [1.165, 1.54) is 0 Å². The van der Waals surface area contributed by atoms with Crippen LogP contribution < -0.4 is 19.5 Å². The summed E-state index contributed by atoms with van der Waals surface area (Å²) in [6, 6.07) is 10.1. The third-order valence-corrected chi connectivity index (χ3v) is 4.78. The Morgan fingerprint density at radius 3 is 2.62 bits per heavy atom. The predicted octanol–water partition coefficient (Wildman–Crippen LogP) is 4.17. The fourth-order valence-electron chi connectivity index (χ4n) is 3.30. The Kier molecular flexibility index (Phi) is 3.13. The Bertz CT molecular complexity index is 951. The summed E-state index contributed by atoms with van der Waals surface area (Å²) in [6.07, 6.45) is 0. The number of aromatic amines is 1. The normalized spacial score (nSPS) is 15.5. The number of nitrogens with one attached hydrogen (secondary N) is 2. The minimum Gasteiger partial charge on any atom is -0.491 e. The molecule has 0 radical (unpaired) electrons. The highest BCUT2D eigenvalue weighted by Crippen LogP contribution is 2.44. The average Bonchev–Trinajstić information content (AvgIpc) is 2.82. The van der Waals surface area contributed by atoms with Crippen LogP contribution in [0.2, 0.25) is 0 Å². The maximum Gasteiger partial charge on any atom is 0.162 e. The van der Waals surface area contributed by atoms with E-state index >= 15 is 0 Å². The molecule has 0 atom stereocenters. The molecule has 0 aliphatic carbocycles. The Morgan fingerprint density at radius 1 is 0.875 bits per heavy atom. The third kappa shape index (κ3) is 2.13. The van der Waals surface area contributed by atoms with Gasteiger partial charge in [0.2, 0.25) is 0 Å². The second-order valence-electron chi connectivity index (χ2n) is 5.84. The van der Waals surface area contributed by atoms with Crippen LogP contribution in [0.4, 0.5) is 5.69 Å². The van der Waals surface area contributed by atoms with Gasteiger partial charge in [-0.2, -0.15) is 0 Å². The van der Waals surface area contributed by atoms with Crippen LogP contribution in [0, 0.1) is 0 Å². The molecule has 0 amide bonds. The van der Waals surface area contributed by atoms with Crippen LogP contribution in [-0.4, -0.2) is 31.3 Å². The molecular formula is C18H15BrN2O3. The quantitative estimate of drug-likeness (QED) is 0.658. The molecule has 3 aromatic rings. The zero-order valence-corrected chi connectivity index (χ0v) is 14.4. The van der Waals surface area contributed by atoms with E-state index in [1.807, 2.05) is 18.2 Å². The molecule has 0 unspecified atom stereocenters. The Hall–Kier alpha value is -2.34. The lowest BCUT2D eigenvalue weighted by molar-refractivity contribution is 0.171. The molecule has 0 fully saturated rings. The Balaban J connectivity index is 1.73. The summed E-state index contributed by atoms with van der Waals surface area (Å²) in [5.41, 5.74) is 4.20. The van der Waals surface area contributed by atoms with Crippen LogP contribution in [0.3, 0.4) is 0 Å². The van der Waals surface area contributed by atoms with Crippen molar-refractivity contribution in [3.8, 4) is 28.5 Å². The molecule has 5 rings (SSSR count). The van der Waals surface area contributed by atoms with Crippen molar-refractivity contribution in [2.24, 2.45) is 0 Å². The second-order valence-corrected chi connectivity index (χ2v) is 6.75. The van der Waals surface area contributed by atoms with Crippen molar-refractivity contribution in [1.82, 2.24) is 4.98 Å². The van der Waals surface area contributed by atoms with Crippen LogP contribution >= 0.6 is 15.9 Å². The number of ether oxygens (including phenoxy) is 3. The fraction of sp³-hybridized carbons (Fsp3) is 0.222. The SMILES string of the molecule is Brc1cc2c3c(c(-c4ccc5c(c4)OCCO5)[nH]c3c1)NCCO2. The van der Waals surface area contributed by atoms with Crippen molar-refractivity contribution in [3.05, 3.63) is 34.8 Å². The van der Waals surface area contributed by atoms with E-state index in [2.05, 4.69) is 38.4 Å². The van der Waals surface area contributed by atoms with Gasteiger partial charge >= 0.3 is 0 Å². The first kappa shape index (κ1) is 14.0. The molecule has 2 aliphatic heterocycles. The standard InChI is InChI=1S/C18H15BrN2O3/c19-11-8-12-16-15(9-11)22-4-3-20-18(16)17(21-12)10-1-2-13-14(7-10)24-6-5-23-13/h1-2,7-9,20-21H,3-6H2. The van der Waals surface area contributed by atoms with E-state index in [4.69, 9.17) is 14.2 Å². The fourth-order valence-corrected chi connectivity index (χ4v) is 3.74. The zero-order chi connectivity index (χ0) is 16.1. The maximum atomic E-state index is 5.88. The number of rotatable bonds is 1. The third-order valence-electron chi connectivity index (χ3n) is 4.32. The number of benzene rings is 2.